The number of hydrogen-bond donors (Lipinski definition) is 1. The molecule has 0 bridgehead atoms. The summed E-state index contributed by atoms with van der Waals surface area (Å²) < 4.78 is 33.6. The van der Waals surface area contributed by atoms with Gasteiger partial charge in [0, 0.05) is 16.5 Å². The number of rotatable bonds is 3. The number of fused-ring (bicyclic) bond motifs is 1. The number of nitrogens with zero attached hydrogens (tertiary/aromatic N) is 2. The van der Waals surface area contributed by atoms with Crippen LogP contribution in [0.3, 0.4) is 0 Å². The molecule has 24 heavy (non-hydrogen) atoms. The van der Waals surface area contributed by atoms with E-state index in [2.05, 4.69) is 10.2 Å². The Morgan fingerprint density at radius 1 is 0.875 bits per heavy atom. The largest absolute Gasteiger partial charge is 1.00 e. The zero-order valence-electron chi connectivity index (χ0n) is 12.9. The first kappa shape index (κ1) is 18.6. The zero-order valence-corrected chi connectivity index (χ0v) is 15.7. The van der Waals surface area contributed by atoms with Gasteiger partial charge in [-0.2, -0.15) is 5.11 Å². The minimum Gasteiger partial charge on any atom is -0.744 e. The summed E-state index contributed by atoms with van der Waals surface area (Å²) >= 11 is 0. The summed E-state index contributed by atoms with van der Waals surface area (Å²) in [7, 11) is -4.55. The van der Waals surface area contributed by atoms with Crippen LogP contribution in [-0.2, 0) is 10.1 Å². The standard InChI is InChI=1S/C16H13N3O3S.Na/c17-15-8-9-16(19-18-11-4-2-1-3-5-11)14-10-12(23(20,21)22)6-7-13(14)15;/h1-10H,17H2,(H,20,21,22);/q;+1/p-1. The molecule has 3 aromatic carbocycles. The third-order valence-electron chi connectivity index (χ3n) is 3.32. The molecule has 0 aromatic heterocycles. The molecule has 0 amide bonds. The van der Waals surface area contributed by atoms with Crippen molar-refractivity contribution in [3.05, 3.63) is 60.7 Å². The van der Waals surface area contributed by atoms with Gasteiger partial charge in [0.15, 0.2) is 0 Å². The third kappa shape index (κ3) is 4.00. The van der Waals surface area contributed by atoms with Crippen molar-refractivity contribution in [1.29, 1.82) is 0 Å². The van der Waals surface area contributed by atoms with Crippen LogP contribution in [0.25, 0.3) is 10.8 Å². The summed E-state index contributed by atoms with van der Waals surface area (Å²) in [5.41, 5.74) is 7.45. The van der Waals surface area contributed by atoms with Crippen molar-refractivity contribution in [1.82, 2.24) is 0 Å². The fourth-order valence-corrected chi connectivity index (χ4v) is 2.68. The van der Waals surface area contributed by atoms with E-state index in [1.807, 2.05) is 18.2 Å². The van der Waals surface area contributed by atoms with Crippen molar-refractivity contribution in [3.8, 4) is 0 Å². The second-order valence-electron chi connectivity index (χ2n) is 4.87. The molecule has 0 aliphatic carbocycles. The molecule has 0 atom stereocenters. The topological polar surface area (TPSA) is 108 Å². The number of azo groups is 1. The van der Waals surface area contributed by atoms with Gasteiger partial charge in [0.2, 0.25) is 0 Å². The maximum absolute atomic E-state index is 11.2. The van der Waals surface area contributed by atoms with Crippen LogP contribution >= 0.6 is 0 Å². The third-order valence-corrected chi connectivity index (χ3v) is 4.15. The van der Waals surface area contributed by atoms with E-state index < -0.39 is 10.1 Å². The van der Waals surface area contributed by atoms with Crippen molar-refractivity contribution in [2.45, 2.75) is 4.90 Å². The van der Waals surface area contributed by atoms with Crippen molar-refractivity contribution in [2.24, 2.45) is 10.2 Å². The summed E-state index contributed by atoms with van der Waals surface area (Å²) in [4.78, 5) is -0.327. The van der Waals surface area contributed by atoms with Gasteiger partial charge in [-0.05, 0) is 36.4 Å². The number of benzene rings is 3. The second kappa shape index (κ2) is 7.42. The number of nitrogen functional groups attached to an aromatic ring is 1. The Morgan fingerprint density at radius 2 is 1.58 bits per heavy atom. The summed E-state index contributed by atoms with van der Waals surface area (Å²) in [5.74, 6) is 0. The van der Waals surface area contributed by atoms with Gasteiger partial charge in [0.1, 0.15) is 10.1 Å². The molecule has 3 aromatic rings. The summed E-state index contributed by atoms with van der Waals surface area (Å²) in [6.07, 6.45) is 0. The number of hydrogen-bond acceptors (Lipinski definition) is 6. The minimum absolute atomic E-state index is 0. The van der Waals surface area contributed by atoms with E-state index in [4.69, 9.17) is 5.73 Å². The number of nitrogens with two attached hydrogens (primary N) is 1. The minimum atomic E-state index is -4.55. The van der Waals surface area contributed by atoms with E-state index >= 15 is 0 Å². The molecule has 0 aliphatic rings. The van der Waals surface area contributed by atoms with Crippen molar-refractivity contribution in [2.75, 3.05) is 5.73 Å². The van der Waals surface area contributed by atoms with Gasteiger partial charge in [-0.1, -0.05) is 24.3 Å². The fraction of sp³-hybridized carbons (Fsp3) is 0. The normalized spacial score (nSPS) is 11.5. The van der Waals surface area contributed by atoms with E-state index in [9.17, 15) is 13.0 Å². The second-order valence-corrected chi connectivity index (χ2v) is 6.25. The van der Waals surface area contributed by atoms with Crippen LogP contribution in [0.5, 0.6) is 0 Å². The first-order valence-electron chi connectivity index (χ1n) is 6.70. The zero-order chi connectivity index (χ0) is 16.4. The van der Waals surface area contributed by atoms with Crippen LogP contribution in [0, 0.1) is 0 Å². The molecule has 0 saturated carbocycles. The summed E-state index contributed by atoms with van der Waals surface area (Å²) in [6, 6.07) is 16.4. The maximum Gasteiger partial charge on any atom is 1.00 e. The molecule has 0 radical (unpaired) electrons. The molecule has 0 aliphatic heterocycles. The quantitative estimate of drug-likeness (QED) is 0.326. The van der Waals surface area contributed by atoms with E-state index in [1.54, 1.807) is 24.3 Å². The van der Waals surface area contributed by atoms with Crippen LogP contribution in [-0.4, -0.2) is 13.0 Å². The SMILES string of the molecule is Nc1ccc(N=Nc2ccccc2)c2cc(S(=O)(=O)[O-])ccc12.[Na+]. The summed E-state index contributed by atoms with van der Waals surface area (Å²) in [6.45, 7) is 0. The van der Waals surface area contributed by atoms with Gasteiger partial charge in [-0.15, -0.1) is 5.11 Å². The van der Waals surface area contributed by atoms with Gasteiger partial charge in [-0.25, -0.2) is 8.42 Å². The van der Waals surface area contributed by atoms with Gasteiger partial charge in [0.05, 0.1) is 16.3 Å². The van der Waals surface area contributed by atoms with Crippen LogP contribution < -0.4 is 35.3 Å². The Balaban J connectivity index is 0.00000208. The van der Waals surface area contributed by atoms with E-state index in [-0.39, 0.29) is 34.5 Å². The van der Waals surface area contributed by atoms with E-state index in [0.29, 0.717) is 27.8 Å². The number of anilines is 1. The predicted octanol–water partition coefficient (Wildman–Crippen LogP) is 0.745. The Morgan fingerprint density at radius 3 is 2.25 bits per heavy atom. The summed E-state index contributed by atoms with van der Waals surface area (Å²) in [5, 5.41) is 9.32. The molecular weight excluding hydrogens is 337 g/mol. The molecule has 3 rings (SSSR count). The first-order chi connectivity index (χ1) is 10.9. The van der Waals surface area contributed by atoms with Crippen LogP contribution in [0.4, 0.5) is 17.1 Å². The van der Waals surface area contributed by atoms with E-state index in [1.165, 1.54) is 18.2 Å². The van der Waals surface area contributed by atoms with Crippen LogP contribution in [0.2, 0.25) is 0 Å². The van der Waals surface area contributed by atoms with Crippen molar-refractivity contribution in [3.63, 3.8) is 0 Å². The van der Waals surface area contributed by atoms with E-state index in [0.717, 1.165) is 0 Å². The molecule has 2 N–H and O–H groups in total. The molecule has 0 unspecified atom stereocenters. The molecule has 0 fully saturated rings. The van der Waals surface area contributed by atoms with Gasteiger partial charge in [-0.3, -0.25) is 0 Å². The van der Waals surface area contributed by atoms with Crippen LogP contribution in [0.15, 0.2) is 75.8 Å². The average molecular weight is 349 g/mol. The monoisotopic (exact) mass is 349 g/mol. The molecular formula is C16H12N3NaO3S. The molecule has 0 saturated heterocycles. The Kier molecular flexibility index (Phi) is 5.74. The molecule has 0 heterocycles. The predicted molar refractivity (Wildman–Crippen MR) is 86.9 cm³/mol. The average Bonchev–Trinajstić information content (AvgIpc) is 2.54. The molecule has 8 heteroatoms. The first-order valence-corrected chi connectivity index (χ1v) is 8.11. The maximum atomic E-state index is 11.2. The van der Waals surface area contributed by atoms with Crippen molar-refractivity contribution >= 4 is 38.0 Å². The van der Waals surface area contributed by atoms with Crippen LogP contribution in [0.1, 0.15) is 0 Å². The molecule has 116 valence electrons. The smallest absolute Gasteiger partial charge is 0.744 e. The van der Waals surface area contributed by atoms with Gasteiger partial charge >= 0.3 is 29.6 Å². The van der Waals surface area contributed by atoms with Gasteiger partial charge < -0.3 is 10.3 Å². The molecule has 6 nitrogen and oxygen atoms in total. The Labute approximate surface area is 161 Å². The fourth-order valence-electron chi connectivity index (χ4n) is 2.18. The van der Waals surface area contributed by atoms with Crippen molar-refractivity contribution < 1.29 is 42.5 Å². The Hall–Kier alpha value is -1.77. The van der Waals surface area contributed by atoms with Gasteiger partial charge in [0.25, 0.3) is 0 Å². The Bertz CT molecular complexity index is 1010. The molecule has 0 spiro atoms.